The highest BCUT2D eigenvalue weighted by Gasteiger charge is 2.32. The molecule has 1 aliphatic rings. The van der Waals surface area contributed by atoms with Gasteiger partial charge in [0.05, 0.1) is 12.1 Å². The molecule has 1 atom stereocenters. The molecule has 1 aliphatic heterocycles. The minimum absolute atomic E-state index is 0.155. The lowest BCUT2D eigenvalue weighted by Crippen LogP contribution is -2.32. The lowest BCUT2D eigenvalue weighted by molar-refractivity contribution is -0.124. The van der Waals surface area contributed by atoms with Crippen LogP contribution in [0.25, 0.3) is 0 Å². The summed E-state index contributed by atoms with van der Waals surface area (Å²) >= 11 is 0. The van der Waals surface area contributed by atoms with E-state index in [2.05, 4.69) is 25.8 Å². The SMILES string of the molecule is O=C(NCc1nnc2n1C(C(=O)NCc1ccc(F)cc1)CC2)c1cccnc1. The van der Waals surface area contributed by atoms with E-state index in [-0.39, 0.29) is 24.2 Å². The predicted octanol–water partition coefficient (Wildman–Crippen LogP) is 1.55. The minimum Gasteiger partial charge on any atom is -0.350 e. The molecule has 1 aromatic carbocycles. The first kappa shape index (κ1) is 18.7. The lowest BCUT2D eigenvalue weighted by Gasteiger charge is -2.15. The average molecular weight is 394 g/mol. The van der Waals surface area contributed by atoms with Gasteiger partial charge in [0.15, 0.2) is 5.82 Å². The Morgan fingerprint density at radius 2 is 1.93 bits per heavy atom. The molecule has 0 aliphatic carbocycles. The van der Waals surface area contributed by atoms with Crippen LogP contribution in [0.1, 0.15) is 40.0 Å². The number of carbonyl (C=O) groups is 2. The van der Waals surface area contributed by atoms with E-state index in [0.717, 1.165) is 11.4 Å². The zero-order valence-corrected chi connectivity index (χ0v) is 15.5. The Balaban J connectivity index is 1.40. The van der Waals surface area contributed by atoms with E-state index in [1.807, 2.05) is 0 Å². The minimum atomic E-state index is -0.439. The van der Waals surface area contributed by atoms with Crippen molar-refractivity contribution in [3.8, 4) is 0 Å². The fraction of sp³-hybridized carbons (Fsp3) is 0.250. The lowest BCUT2D eigenvalue weighted by atomic mass is 10.2. The number of aromatic nitrogens is 4. The standard InChI is InChI=1S/C20H19FN6O2/c21-15-5-3-13(4-6-15)10-23-20(29)16-7-8-17-25-26-18(27(16)17)12-24-19(28)14-2-1-9-22-11-14/h1-6,9,11,16H,7-8,10,12H2,(H,23,29)(H,24,28). The van der Waals surface area contributed by atoms with Crippen LogP contribution in [0.15, 0.2) is 48.8 Å². The first-order valence-electron chi connectivity index (χ1n) is 9.25. The van der Waals surface area contributed by atoms with Gasteiger partial charge in [0.1, 0.15) is 17.7 Å². The first-order chi connectivity index (χ1) is 14.1. The second-order valence-electron chi connectivity index (χ2n) is 6.73. The van der Waals surface area contributed by atoms with Crippen molar-refractivity contribution < 1.29 is 14.0 Å². The van der Waals surface area contributed by atoms with Crippen LogP contribution in [-0.4, -0.2) is 31.6 Å². The van der Waals surface area contributed by atoms with E-state index in [9.17, 15) is 14.0 Å². The molecule has 0 spiro atoms. The van der Waals surface area contributed by atoms with Crippen molar-refractivity contribution in [1.82, 2.24) is 30.4 Å². The summed E-state index contributed by atoms with van der Waals surface area (Å²) in [7, 11) is 0. The van der Waals surface area contributed by atoms with Crippen molar-refractivity contribution >= 4 is 11.8 Å². The van der Waals surface area contributed by atoms with E-state index < -0.39 is 6.04 Å². The van der Waals surface area contributed by atoms with Gasteiger partial charge in [-0.3, -0.25) is 14.6 Å². The molecule has 3 heterocycles. The summed E-state index contributed by atoms with van der Waals surface area (Å²) in [6.45, 7) is 0.461. The molecule has 8 nitrogen and oxygen atoms in total. The zero-order valence-electron chi connectivity index (χ0n) is 15.5. The Labute approximate surface area is 166 Å². The number of hydrogen-bond donors (Lipinski definition) is 2. The Kier molecular flexibility index (Phi) is 5.28. The normalized spacial score (nSPS) is 15.0. The molecule has 1 unspecified atom stereocenters. The maximum atomic E-state index is 13.0. The fourth-order valence-electron chi connectivity index (χ4n) is 3.32. The molecule has 2 N–H and O–H groups in total. The number of nitrogens with zero attached hydrogens (tertiary/aromatic N) is 4. The van der Waals surface area contributed by atoms with Crippen LogP contribution in [0, 0.1) is 5.82 Å². The molecular weight excluding hydrogens is 375 g/mol. The number of halogens is 1. The number of rotatable bonds is 6. The summed E-state index contributed by atoms with van der Waals surface area (Å²) in [4.78, 5) is 28.9. The van der Waals surface area contributed by atoms with Gasteiger partial charge in [-0.2, -0.15) is 0 Å². The summed E-state index contributed by atoms with van der Waals surface area (Å²) < 4.78 is 14.8. The number of amides is 2. The third-order valence-corrected chi connectivity index (χ3v) is 4.80. The third kappa shape index (κ3) is 4.13. The summed E-state index contributed by atoms with van der Waals surface area (Å²) in [6.07, 6.45) is 4.33. The molecule has 0 radical (unpaired) electrons. The Bertz CT molecular complexity index is 1020. The molecule has 0 bridgehead atoms. The molecule has 0 saturated heterocycles. The van der Waals surface area contributed by atoms with E-state index in [1.54, 1.807) is 35.0 Å². The van der Waals surface area contributed by atoms with E-state index in [4.69, 9.17) is 0 Å². The number of nitrogens with one attached hydrogen (secondary N) is 2. The molecular formula is C20H19FN6O2. The smallest absolute Gasteiger partial charge is 0.253 e. The highest BCUT2D eigenvalue weighted by atomic mass is 19.1. The van der Waals surface area contributed by atoms with E-state index >= 15 is 0 Å². The van der Waals surface area contributed by atoms with Gasteiger partial charge in [0, 0.05) is 25.4 Å². The van der Waals surface area contributed by atoms with Gasteiger partial charge < -0.3 is 15.2 Å². The predicted molar refractivity (Wildman–Crippen MR) is 101 cm³/mol. The summed E-state index contributed by atoms with van der Waals surface area (Å²) in [5.74, 6) is 0.496. The maximum absolute atomic E-state index is 13.0. The van der Waals surface area contributed by atoms with Gasteiger partial charge in [-0.05, 0) is 36.2 Å². The van der Waals surface area contributed by atoms with Gasteiger partial charge >= 0.3 is 0 Å². The van der Waals surface area contributed by atoms with Gasteiger partial charge in [-0.1, -0.05) is 12.1 Å². The number of aryl methyl sites for hydroxylation is 1. The van der Waals surface area contributed by atoms with Crippen LogP contribution >= 0.6 is 0 Å². The largest absolute Gasteiger partial charge is 0.350 e. The molecule has 3 aromatic rings. The Morgan fingerprint density at radius 1 is 1.10 bits per heavy atom. The Morgan fingerprint density at radius 3 is 2.69 bits per heavy atom. The highest BCUT2D eigenvalue weighted by molar-refractivity contribution is 5.93. The average Bonchev–Trinajstić information content (AvgIpc) is 3.34. The van der Waals surface area contributed by atoms with Crippen molar-refractivity contribution in [2.24, 2.45) is 0 Å². The van der Waals surface area contributed by atoms with Gasteiger partial charge in [-0.25, -0.2) is 4.39 Å². The van der Waals surface area contributed by atoms with Gasteiger partial charge in [0.25, 0.3) is 5.91 Å². The highest BCUT2D eigenvalue weighted by Crippen LogP contribution is 2.26. The van der Waals surface area contributed by atoms with Crippen molar-refractivity contribution in [2.45, 2.75) is 32.0 Å². The second kappa shape index (κ2) is 8.17. The molecule has 2 aromatic heterocycles. The summed E-state index contributed by atoms with van der Waals surface area (Å²) in [5.41, 5.74) is 1.26. The van der Waals surface area contributed by atoms with Crippen LogP contribution in [0.3, 0.4) is 0 Å². The van der Waals surface area contributed by atoms with E-state index in [0.29, 0.717) is 30.8 Å². The zero-order chi connectivity index (χ0) is 20.2. The third-order valence-electron chi connectivity index (χ3n) is 4.80. The van der Waals surface area contributed by atoms with Crippen molar-refractivity contribution in [3.63, 3.8) is 0 Å². The fourth-order valence-corrected chi connectivity index (χ4v) is 3.32. The van der Waals surface area contributed by atoms with Crippen LogP contribution in [-0.2, 0) is 24.3 Å². The quantitative estimate of drug-likeness (QED) is 0.660. The maximum Gasteiger partial charge on any atom is 0.253 e. The number of fused-ring (bicyclic) bond motifs is 1. The van der Waals surface area contributed by atoms with E-state index in [1.165, 1.54) is 18.3 Å². The molecule has 0 fully saturated rings. The van der Waals surface area contributed by atoms with Crippen LogP contribution in [0.4, 0.5) is 4.39 Å². The van der Waals surface area contributed by atoms with Crippen LogP contribution in [0.5, 0.6) is 0 Å². The molecule has 0 saturated carbocycles. The molecule has 4 rings (SSSR count). The second-order valence-corrected chi connectivity index (χ2v) is 6.73. The molecule has 2 amide bonds. The molecule has 29 heavy (non-hydrogen) atoms. The topological polar surface area (TPSA) is 102 Å². The molecule has 148 valence electrons. The number of pyridine rings is 1. The first-order valence-corrected chi connectivity index (χ1v) is 9.25. The van der Waals surface area contributed by atoms with Crippen molar-refractivity contribution in [2.75, 3.05) is 0 Å². The van der Waals surface area contributed by atoms with Crippen LogP contribution < -0.4 is 10.6 Å². The molecule has 9 heteroatoms. The van der Waals surface area contributed by atoms with Gasteiger partial charge in [0.2, 0.25) is 5.91 Å². The summed E-state index contributed by atoms with van der Waals surface area (Å²) in [6, 6.07) is 8.90. The Hall–Kier alpha value is -3.62. The number of benzene rings is 1. The monoisotopic (exact) mass is 394 g/mol. The van der Waals surface area contributed by atoms with Crippen molar-refractivity contribution in [1.29, 1.82) is 0 Å². The summed E-state index contributed by atoms with van der Waals surface area (Å²) in [5, 5.41) is 13.9. The van der Waals surface area contributed by atoms with Gasteiger partial charge in [-0.15, -0.1) is 10.2 Å². The number of hydrogen-bond acceptors (Lipinski definition) is 5. The van der Waals surface area contributed by atoms with Crippen molar-refractivity contribution in [3.05, 3.63) is 77.4 Å². The number of carbonyl (C=O) groups excluding carboxylic acids is 2. The van der Waals surface area contributed by atoms with Crippen LogP contribution in [0.2, 0.25) is 0 Å².